The van der Waals surface area contributed by atoms with Crippen molar-refractivity contribution < 1.29 is 24.1 Å². The first-order chi connectivity index (χ1) is 23.5. The van der Waals surface area contributed by atoms with Gasteiger partial charge < -0.3 is 24.6 Å². The predicted octanol–water partition coefficient (Wildman–Crippen LogP) is 6.82. The largest absolute Gasteiger partial charge is 0.445 e. The summed E-state index contributed by atoms with van der Waals surface area (Å²) in [6.45, 7) is 6.16. The Balaban J connectivity index is 1.22. The maximum atomic E-state index is 12.0. The highest BCUT2D eigenvalue weighted by molar-refractivity contribution is 7.99. The minimum atomic E-state index is -0.620. The second kappa shape index (κ2) is 15.9. The number of nitrogens with one attached hydrogen (secondary N) is 1. The molecule has 0 bridgehead atoms. The number of aliphatic hydroxyl groups is 1. The zero-order valence-electron chi connectivity index (χ0n) is 26.5. The molecule has 1 fully saturated rings. The van der Waals surface area contributed by atoms with Gasteiger partial charge >= 0.3 is 6.09 Å². The minimum absolute atomic E-state index is 0.00611. The number of tetrazole rings is 1. The molecule has 4 aromatic carbocycles. The van der Waals surface area contributed by atoms with Crippen molar-refractivity contribution in [1.29, 1.82) is 0 Å². The van der Waals surface area contributed by atoms with Gasteiger partial charge in [0.15, 0.2) is 6.29 Å². The van der Waals surface area contributed by atoms with Crippen molar-refractivity contribution in [2.24, 2.45) is 5.92 Å². The van der Waals surface area contributed by atoms with Crippen LogP contribution in [0, 0.1) is 5.92 Å². The fourth-order valence-electron chi connectivity index (χ4n) is 5.60. The molecule has 0 aliphatic carbocycles. The summed E-state index contributed by atoms with van der Waals surface area (Å²) in [5.41, 5.74) is 6.58. The number of hydrogen-bond donors (Lipinski definition) is 2. The normalized spacial score (nSPS) is 19.0. The molecule has 0 unspecified atom stereocenters. The first-order valence-electron chi connectivity index (χ1n) is 15.7. The van der Waals surface area contributed by atoms with Crippen molar-refractivity contribution in [3.8, 4) is 16.8 Å². The van der Waals surface area contributed by atoms with Crippen molar-refractivity contribution in [3.05, 3.63) is 138 Å². The number of ether oxygens (including phenoxy) is 3. The lowest BCUT2D eigenvalue weighted by atomic mass is 9.91. The lowest BCUT2D eigenvalue weighted by Gasteiger charge is -2.41. The average Bonchev–Trinajstić information content (AvgIpc) is 3.62. The molecule has 2 N–H and O–H groups in total. The van der Waals surface area contributed by atoms with Gasteiger partial charge in [0, 0.05) is 23.8 Å². The summed E-state index contributed by atoms with van der Waals surface area (Å²) in [4.78, 5) is 12.0. The molecule has 11 heteroatoms. The molecule has 2 heterocycles. The predicted molar refractivity (Wildman–Crippen MR) is 183 cm³/mol. The monoisotopic (exact) mass is 663 g/mol. The number of hydrogen-bond acceptors (Lipinski definition) is 9. The van der Waals surface area contributed by atoms with Gasteiger partial charge in [-0.05, 0) is 50.4 Å². The van der Waals surface area contributed by atoms with Gasteiger partial charge in [0.2, 0.25) is 5.16 Å². The molecular formula is C37H37N5O5S. The number of aliphatic hydroxyl groups excluding tert-OH is 1. The summed E-state index contributed by atoms with van der Waals surface area (Å²) < 4.78 is 20.1. The van der Waals surface area contributed by atoms with Crippen LogP contribution in [0.1, 0.15) is 41.6 Å². The third-order valence-corrected chi connectivity index (χ3v) is 9.22. The Kier molecular flexibility index (Phi) is 10.9. The molecule has 1 amide bonds. The number of rotatable bonds is 12. The quantitative estimate of drug-likeness (QED) is 0.109. The van der Waals surface area contributed by atoms with Crippen LogP contribution in [0.2, 0.25) is 0 Å². The number of carbonyl (C=O) groups excluding carboxylic acids is 1. The van der Waals surface area contributed by atoms with Gasteiger partial charge in [-0.3, -0.25) is 0 Å². The lowest BCUT2D eigenvalue weighted by molar-refractivity contribution is -0.268. The average molecular weight is 664 g/mol. The number of carbonyl (C=O) groups is 1. The number of amides is 1. The Hall–Kier alpha value is -4.81. The van der Waals surface area contributed by atoms with Gasteiger partial charge in [0.25, 0.3) is 0 Å². The topological polar surface area (TPSA) is 121 Å². The van der Waals surface area contributed by atoms with Crippen molar-refractivity contribution >= 4 is 17.9 Å². The highest BCUT2D eigenvalue weighted by Gasteiger charge is 2.38. The smallest absolute Gasteiger partial charge is 0.407 e. The van der Waals surface area contributed by atoms with E-state index in [-0.39, 0.29) is 31.3 Å². The van der Waals surface area contributed by atoms with E-state index >= 15 is 0 Å². The van der Waals surface area contributed by atoms with Gasteiger partial charge in [-0.1, -0.05) is 122 Å². The molecule has 0 spiro atoms. The number of alkyl carbamates (subject to hydrolysis) is 1. The third-order valence-electron chi connectivity index (χ3n) is 8.21. The Morgan fingerprint density at radius 1 is 0.979 bits per heavy atom. The Labute approximate surface area is 283 Å². The number of benzene rings is 4. The van der Waals surface area contributed by atoms with Crippen molar-refractivity contribution in [1.82, 2.24) is 25.5 Å². The fraction of sp³-hybridized carbons (Fsp3) is 0.243. The van der Waals surface area contributed by atoms with Gasteiger partial charge in [-0.25, -0.2) is 4.79 Å². The summed E-state index contributed by atoms with van der Waals surface area (Å²) in [6, 6.07) is 33.7. The molecule has 0 saturated carbocycles. The molecule has 48 heavy (non-hydrogen) atoms. The summed E-state index contributed by atoms with van der Waals surface area (Å²) >= 11 is 1.54. The van der Waals surface area contributed by atoms with E-state index in [0.717, 1.165) is 39.1 Å². The van der Waals surface area contributed by atoms with Crippen LogP contribution < -0.4 is 5.32 Å². The fourth-order valence-corrected chi connectivity index (χ4v) is 6.65. The van der Waals surface area contributed by atoms with E-state index in [4.69, 9.17) is 14.2 Å². The van der Waals surface area contributed by atoms with E-state index < -0.39 is 12.4 Å². The summed E-state index contributed by atoms with van der Waals surface area (Å²) in [5, 5.41) is 25.5. The van der Waals surface area contributed by atoms with E-state index in [1.807, 2.05) is 103 Å². The van der Waals surface area contributed by atoms with Crippen LogP contribution in [-0.4, -0.2) is 49.9 Å². The summed E-state index contributed by atoms with van der Waals surface area (Å²) in [5.74, 6) is 0.610. The zero-order chi connectivity index (χ0) is 33.3. The van der Waals surface area contributed by atoms with Gasteiger partial charge in [0.05, 0.1) is 24.5 Å². The first-order valence-corrected chi connectivity index (χ1v) is 16.7. The SMILES string of the molecule is C=CCOC(=O)NCc1ccccc1-c1ccc([C@H]2O[C@@H](CSc3nnnn3-c3ccccc3)[C@@H](C)[C@@H](c3ccc(CO)cc3)O2)cc1. The Morgan fingerprint density at radius 3 is 2.46 bits per heavy atom. The van der Waals surface area contributed by atoms with Crippen LogP contribution in [0.15, 0.2) is 121 Å². The highest BCUT2D eigenvalue weighted by atomic mass is 32.2. The van der Waals surface area contributed by atoms with Crippen molar-refractivity contribution in [2.45, 2.75) is 43.7 Å². The molecule has 10 nitrogen and oxygen atoms in total. The van der Waals surface area contributed by atoms with Crippen LogP contribution >= 0.6 is 11.8 Å². The summed E-state index contributed by atoms with van der Waals surface area (Å²) in [7, 11) is 0. The van der Waals surface area contributed by atoms with Crippen LogP contribution in [0.5, 0.6) is 0 Å². The van der Waals surface area contributed by atoms with Crippen LogP contribution in [0.3, 0.4) is 0 Å². The number of para-hydroxylation sites is 1. The lowest BCUT2D eigenvalue weighted by Crippen LogP contribution is -2.38. The van der Waals surface area contributed by atoms with E-state index in [2.05, 4.69) is 34.3 Å². The first kappa shape index (κ1) is 33.1. The number of aromatic nitrogens is 4. The van der Waals surface area contributed by atoms with Gasteiger partial charge in [-0.2, -0.15) is 4.68 Å². The van der Waals surface area contributed by atoms with Gasteiger partial charge in [-0.15, -0.1) is 5.10 Å². The maximum absolute atomic E-state index is 12.0. The Morgan fingerprint density at radius 2 is 1.71 bits per heavy atom. The molecular weight excluding hydrogens is 627 g/mol. The molecule has 1 saturated heterocycles. The van der Waals surface area contributed by atoms with Gasteiger partial charge in [0.1, 0.15) is 6.61 Å². The molecule has 1 aliphatic rings. The van der Waals surface area contributed by atoms with E-state index in [9.17, 15) is 9.90 Å². The van der Waals surface area contributed by atoms with Crippen molar-refractivity contribution in [3.63, 3.8) is 0 Å². The van der Waals surface area contributed by atoms with Crippen molar-refractivity contribution in [2.75, 3.05) is 12.4 Å². The van der Waals surface area contributed by atoms with Crippen LogP contribution in [0.25, 0.3) is 16.8 Å². The minimum Gasteiger partial charge on any atom is -0.445 e. The highest BCUT2D eigenvalue weighted by Crippen LogP contribution is 2.43. The van der Waals surface area contributed by atoms with E-state index in [1.54, 1.807) is 16.4 Å². The second-order valence-corrected chi connectivity index (χ2v) is 12.3. The third kappa shape index (κ3) is 7.83. The second-order valence-electron chi connectivity index (χ2n) is 11.4. The summed E-state index contributed by atoms with van der Waals surface area (Å²) in [6.07, 6.45) is -0.0261. The molecule has 1 aliphatic heterocycles. The molecule has 5 aromatic rings. The molecule has 246 valence electrons. The zero-order valence-corrected chi connectivity index (χ0v) is 27.3. The number of thioether (sulfide) groups is 1. The standard InChI is InChI=1S/C37H37N5O5S/c1-3-21-45-37(44)38-22-30-9-7-8-12-32(30)27-17-19-29(20-18-27)35-46-33(25(2)34(47-35)28-15-13-26(23-43)14-16-28)24-48-36-39-40-41-42(36)31-10-5-4-6-11-31/h3-20,25,33-35,43H,1,21-24H2,2H3,(H,38,44)/t25-,33+,34+,35+/m1/s1. The maximum Gasteiger partial charge on any atom is 0.407 e. The van der Waals surface area contributed by atoms with E-state index in [1.165, 1.54) is 6.08 Å². The van der Waals surface area contributed by atoms with Crippen LogP contribution in [0.4, 0.5) is 4.79 Å². The molecule has 1 aromatic heterocycles. The molecule has 0 radical (unpaired) electrons. The van der Waals surface area contributed by atoms with Crippen LogP contribution in [-0.2, 0) is 27.4 Å². The Bertz CT molecular complexity index is 1800. The molecule has 4 atom stereocenters. The number of nitrogens with zero attached hydrogens (tertiary/aromatic N) is 4. The molecule has 6 rings (SSSR count). The van der Waals surface area contributed by atoms with E-state index in [0.29, 0.717) is 17.5 Å².